The summed E-state index contributed by atoms with van der Waals surface area (Å²) >= 11 is 1.64. The third-order valence-corrected chi connectivity index (χ3v) is 5.10. The van der Waals surface area contributed by atoms with Gasteiger partial charge in [0.25, 0.3) is 5.91 Å². The van der Waals surface area contributed by atoms with Crippen LogP contribution in [-0.2, 0) is 16.6 Å². The predicted octanol–water partition coefficient (Wildman–Crippen LogP) is 2.76. The number of aryl methyl sites for hydroxylation is 2. The lowest BCUT2D eigenvalue weighted by atomic mass is 10.2. The third kappa shape index (κ3) is 3.02. The van der Waals surface area contributed by atoms with Crippen molar-refractivity contribution in [3.8, 4) is 0 Å². The van der Waals surface area contributed by atoms with Crippen molar-refractivity contribution in [2.45, 2.75) is 38.6 Å². The van der Waals surface area contributed by atoms with Gasteiger partial charge in [-0.1, -0.05) is 12.8 Å². The van der Waals surface area contributed by atoms with E-state index < -0.39 is 5.97 Å². The first kappa shape index (κ1) is 15.1. The highest BCUT2D eigenvalue weighted by atomic mass is 32.1. The Balaban J connectivity index is 1.59. The van der Waals surface area contributed by atoms with Crippen LogP contribution in [0.4, 0.5) is 0 Å². The number of carbonyl (C=O) groups excluding carboxylic acids is 2. The molecule has 0 aliphatic heterocycles. The molecule has 0 radical (unpaired) electrons. The highest BCUT2D eigenvalue weighted by Gasteiger charge is 2.20. The first-order valence-electron chi connectivity index (χ1n) is 7.57. The molecule has 1 fully saturated rings. The molecule has 0 bridgehead atoms. The van der Waals surface area contributed by atoms with Crippen molar-refractivity contribution >= 4 is 33.4 Å². The van der Waals surface area contributed by atoms with E-state index in [9.17, 15) is 9.59 Å². The van der Waals surface area contributed by atoms with E-state index in [1.165, 1.54) is 4.88 Å². The maximum absolute atomic E-state index is 12.1. The van der Waals surface area contributed by atoms with Crippen molar-refractivity contribution < 1.29 is 14.3 Å². The van der Waals surface area contributed by atoms with Crippen molar-refractivity contribution in [2.75, 3.05) is 6.61 Å². The van der Waals surface area contributed by atoms with Crippen LogP contribution in [0, 0.1) is 6.92 Å². The van der Waals surface area contributed by atoms with Gasteiger partial charge < -0.3 is 14.6 Å². The quantitative estimate of drug-likeness (QED) is 0.881. The normalized spacial score (nSPS) is 15.4. The van der Waals surface area contributed by atoms with Crippen LogP contribution in [-0.4, -0.2) is 29.1 Å². The summed E-state index contributed by atoms with van der Waals surface area (Å²) in [6.07, 6.45) is 4.36. The van der Waals surface area contributed by atoms with Crippen molar-refractivity contribution in [1.82, 2.24) is 9.88 Å². The Morgan fingerprint density at radius 1 is 1.36 bits per heavy atom. The summed E-state index contributed by atoms with van der Waals surface area (Å²) in [7, 11) is 1.84. The molecule has 1 saturated carbocycles. The van der Waals surface area contributed by atoms with Crippen LogP contribution in [0.3, 0.4) is 0 Å². The number of thiophene rings is 1. The number of nitrogens with one attached hydrogen (secondary N) is 1. The van der Waals surface area contributed by atoms with Gasteiger partial charge in [-0.3, -0.25) is 4.79 Å². The zero-order valence-corrected chi connectivity index (χ0v) is 13.7. The molecule has 0 aromatic carbocycles. The summed E-state index contributed by atoms with van der Waals surface area (Å²) in [5, 5.41) is 2.91. The molecule has 2 heterocycles. The van der Waals surface area contributed by atoms with Crippen molar-refractivity contribution in [3.05, 3.63) is 22.7 Å². The minimum atomic E-state index is -0.454. The summed E-state index contributed by atoms with van der Waals surface area (Å²) in [4.78, 5) is 25.1. The van der Waals surface area contributed by atoms with Gasteiger partial charge in [-0.2, -0.15) is 0 Å². The summed E-state index contributed by atoms with van der Waals surface area (Å²) in [5.74, 6) is -0.669. The topological polar surface area (TPSA) is 60.3 Å². The lowest BCUT2D eigenvalue weighted by molar-refractivity contribution is -0.124. The molecule has 6 heteroatoms. The zero-order chi connectivity index (χ0) is 15.7. The number of rotatable bonds is 4. The lowest BCUT2D eigenvalue weighted by Gasteiger charge is -2.12. The van der Waals surface area contributed by atoms with E-state index in [1.54, 1.807) is 11.3 Å². The standard InChI is InChI=1S/C16H20N2O3S/c1-10-7-12-14(22-10)8-13(18(12)2)16(20)21-9-15(19)17-11-5-3-4-6-11/h7-8,11H,3-6,9H2,1-2H3,(H,17,19). The fourth-order valence-electron chi connectivity index (χ4n) is 2.98. The molecule has 1 aliphatic carbocycles. The van der Waals surface area contributed by atoms with E-state index in [0.29, 0.717) is 5.69 Å². The number of aromatic nitrogens is 1. The van der Waals surface area contributed by atoms with Gasteiger partial charge in [0.05, 0.1) is 10.2 Å². The van der Waals surface area contributed by atoms with Gasteiger partial charge in [-0.25, -0.2) is 4.79 Å². The molecular weight excluding hydrogens is 300 g/mol. The fraction of sp³-hybridized carbons (Fsp3) is 0.500. The number of ether oxygens (including phenoxy) is 1. The Labute approximate surface area is 133 Å². The molecule has 0 atom stereocenters. The fourth-order valence-corrected chi connectivity index (χ4v) is 3.96. The molecule has 22 heavy (non-hydrogen) atoms. The van der Waals surface area contributed by atoms with Crippen LogP contribution in [0.25, 0.3) is 10.2 Å². The first-order valence-corrected chi connectivity index (χ1v) is 8.38. The van der Waals surface area contributed by atoms with Gasteiger partial charge in [0.15, 0.2) is 6.61 Å². The molecule has 1 N–H and O–H groups in total. The maximum Gasteiger partial charge on any atom is 0.355 e. The van der Waals surface area contributed by atoms with Crippen molar-refractivity contribution in [3.63, 3.8) is 0 Å². The SMILES string of the molecule is Cc1cc2c(cc(C(=O)OCC(=O)NC3CCCC3)n2C)s1. The smallest absolute Gasteiger partial charge is 0.355 e. The summed E-state index contributed by atoms with van der Waals surface area (Å²) < 4.78 is 8.02. The molecule has 3 rings (SSSR count). The Kier molecular flexibility index (Phi) is 4.20. The lowest BCUT2D eigenvalue weighted by Crippen LogP contribution is -2.36. The molecular formula is C16H20N2O3S. The number of hydrogen-bond acceptors (Lipinski definition) is 4. The van der Waals surface area contributed by atoms with E-state index in [0.717, 1.165) is 35.9 Å². The average molecular weight is 320 g/mol. The molecule has 2 aromatic heterocycles. The third-order valence-electron chi connectivity index (χ3n) is 4.12. The molecule has 5 nitrogen and oxygen atoms in total. The second kappa shape index (κ2) is 6.12. The number of carbonyl (C=O) groups is 2. The molecule has 0 spiro atoms. The number of fused-ring (bicyclic) bond motifs is 1. The van der Waals surface area contributed by atoms with E-state index in [4.69, 9.17) is 4.74 Å². The minimum Gasteiger partial charge on any atom is -0.451 e. The minimum absolute atomic E-state index is 0.215. The van der Waals surface area contributed by atoms with E-state index in [2.05, 4.69) is 5.32 Å². The predicted molar refractivity (Wildman–Crippen MR) is 86.2 cm³/mol. The Hall–Kier alpha value is -1.82. The number of hydrogen-bond donors (Lipinski definition) is 1. The molecule has 0 unspecified atom stereocenters. The molecule has 1 aliphatic rings. The average Bonchev–Trinajstić information content (AvgIpc) is 3.16. The van der Waals surface area contributed by atoms with Gasteiger partial charge in [0.1, 0.15) is 5.69 Å². The molecule has 2 aromatic rings. The van der Waals surface area contributed by atoms with E-state index in [1.807, 2.05) is 30.7 Å². The number of esters is 1. The molecule has 0 saturated heterocycles. The Morgan fingerprint density at radius 3 is 2.77 bits per heavy atom. The van der Waals surface area contributed by atoms with Crippen LogP contribution in [0.15, 0.2) is 12.1 Å². The van der Waals surface area contributed by atoms with Gasteiger partial charge in [-0.05, 0) is 31.9 Å². The van der Waals surface area contributed by atoms with Crippen LogP contribution >= 0.6 is 11.3 Å². The maximum atomic E-state index is 12.1. The second-order valence-electron chi connectivity index (χ2n) is 5.82. The Bertz CT molecular complexity index is 710. The first-order chi connectivity index (χ1) is 10.5. The highest BCUT2D eigenvalue weighted by molar-refractivity contribution is 7.19. The van der Waals surface area contributed by atoms with Crippen LogP contribution in [0.1, 0.15) is 41.0 Å². The van der Waals surface area contributed by atoms with Crippen LogP contribution in [0.2, 0.25) is 0 Å². The highest BCUT2D eigenvalue weighted by Crippen LogP contribution is 2.28. The largest absolute Gasteiger partial charge is 0.451 e. The zero-order valence-electron chi connectivity index (χ0n) is 12.8. The molecule has 1 amide bonds. The monoisotopic (exact) mass is 320 g/mol. The van der Waals surface area contributed by atoms with Gasteiger partial charge in [0.2, 0.25) is 0 Å². The van der Waals surface area contributed by atoms with Crippen LogP contribution < -0.4 is 5.32 Å². The van der Waals surface area contributed by atoms with Crippen molar-refractivity contribution in [2.24, 2.45) is 7.05 Å². The second-order valence-corrected chi connectivity index (χ2v) is 7.11. The van der Waals surface area contributed by atoms with Crippen LogP contribution in [0.5, 0.6) is 0 Å². The number of nitrogens with zero attached hydrogens (tertiary/aromatic N) is 1. The van der Waals surface area contributed by atoms with Gasteiger partial charge in [0, 0.05) is 18.0 Å². The van der Waals surface area contributed by atoms with E-state index >= 15 is 0 Å². The number of amides is 1. The summed E-state index contributed by atoms with van der Waals surface area (Å²) in [6, 6.07) is 4.11. The van der Waals surface area contributed by atoms with Gasteiger partial charge >= 0.3 is 5.97 Å². The van der Waals surface area contributed by atoms with Gasteiger partial charge in [-0.15, -0.1) is 11.3 Å². The van der Waals surface area contributed by atoms with E-state index in [-0.39, 0.29) is 18.6 Å². The van der Waals surface area contributed by atoms with Crippen molar-refractivity contribution in [1.29, 1.82) is 0 Å². The molecule has 118 valence electrons. The Morgan fingerprint density at radius 2 is 2.09 bits per heavy atom. The summed E-state index contributed by atoms with van der Waals surface area (Å²) in [6.45, 7) is 1.82. The summed E-state index contributed by atoms with van der Waals surface area (Å²) in [5.41, 5.74) is 1.50.